The monoisotopic (exact) mass is 354 g/mol. The first-order chi connectivity index (χ1) is 12.5. The van der Waals surface area contributed by atoms with Crippen LogP contribution in [0.15, 0.2) is 34.9 Å². The van der Waals surface area contributed by atoms with Crippen LogP contribution in [0, 0.1) is 17.3 Å². The van der Waals surface area contributed by atoms with E-state index in [0.29, 0.717) is 30.0 Å². The van der Waals surface area contributed by atoms with Crippen molar-refractivity contribution in [3.8, 4) is 11.4 Å². The fraction of sp³-hybridized carbons (Fsp3) is 0.550. The molecule has 1 aromatic carbocycles. The minimum atomic E-state index is -0.673. The summed E-state index contributed by atoms with van der Waals surface area (Å²) in [5.74, 6) is 1.45. The van der Waals surface area contributed by atoms with Gasteiger partial charge in [0.2, 0.25) is 5.82 Å². The van der Waals surface area contributed by atoms with Gasteiger partial charge in [-0.05, 0) is 50.4 Å². The van der Waals surface area contributed by atoms with Gasteiger partial charge in [-0.3, -0.25) is 4.79 Å². The maximum absolute atomic E-state index is 12.9. The van der Waals surface area contributed by atoms with Gasteiger partial charge < -0.3 is 14.4 Å². The Morgan fingerprint density at radius 1 is 1.19 bits per heavy atom. The molecule has 6 nitrogen and oxygen atoms in total. The Labute approximate surface area is 151 Å². The van der Waals surface area contributed by atoms with Gasteiger partial charge in [0.05, 0.1) is 11.0 Å². The van der Waals surface area contributed by atoms with E-state index in [-0.39, 0.29) is 12.6 Å². The largest absolute Gasteiger partial charge is 0.455 e. The predicted octanol–water partition coefficient (Wildman–Crippen LogP) is 3.11. The number of carbonyl (C=O) groups is 1. The van der Waals surface area contributed by atoms with Crippen LogP contribution in [0.2, 0.25) is 0 Å². The SMILES string of the molecule is O=C(OCc1nc(-c2ccccc2)no1)C12CC3CC(CC(O)(C3)C1)C2. The molecule has 136 valence electrons. The maximum atomic E-state index is 12.9. The summed E-state index contributed by atoms with van der Waals surface area (Å²) in [5, 5.41) is 14.7. The van der Waals surface area contributed by atoms with E-state index in [1.807, 2.05) is 30.3 Å². The Kier molecular flexibility index (Phi) is 3.47. The molecule has 0 saturated heterocycles. The zero-order chi connectivity index (χ0) is 17.8. The molecule has 6 heteroatoms. The van der Waals surface area contributed by atoms with Crippen molar-refractivity contribution in [3.05, 3.63) is 36.2 Å². The van der Waals surface area contributed by atoms with E-state index in [2.05, 4.69) is 10.1 Å². The molecule has 0 spiro atoms. The van der Waals surface area contributed by atoms with Crippen molar-refractivity contribution in [2.75, 3.05) is 0 Å². The molecule has 4 fully saturated rings. The molecule has 1 N–H and O–H groups in total. The summed E-state index contributed by atoms with van der Waals surface area (Å²) in [6.45, 7) is -0.0197. The van der Waals surface area contributed by atoms with E-state index < -0.39 is 11.0 Å². The van der Waals surface area contributed by atoms with E-state index in [9.17, 15) is 9.90 Å². The number of ether oxygens (including phenoxy) is 1. The van der Waals surface area contributed by atoms with Crippen LogP contribution in [0.5, 0.6) is 0 Å². The summed E-state index contributed by atoms with van der Waals surface area (Å²) < 4.78 is 10.8. The molecule has 6 rings (SSSR count). The maximum Gasteiger partial charge on any atom is 0.312 e. The van der Waals surface area contributed by atoms with Crippen molar-refractivity contribution in [2.24, 2.45) is 17.3 Å². The lowest BCUT2D eigenvalue weighted by Crippen LogP contribution is -2.58. The Bertz CT molecular complexity index is 817. The second-order valence-electron chi connectivity index (χ2n) is 8.42. The molecule has 1 aromatic heterocycles. The number of aliphatic hydroxyl groups is 1. The minimum Gasteiger partial charge on any atom is -0.455 e. The lowest BCUT2D eigenvalue weighted by molar-refractivity contribution is -0.197. The quantitative estimate of drug-likeness (QED) is 0.849. The molecule has 0 radical (unpaired) electrons. The average Bonchev–Trinajstić information content (AvgIpc) is 3.07. The van der Waals surface area contributed by atoms with Crippen molar-refractivity contribution in [1.82, 2.24) is 10.1 Å². The minimum absolute atomic E-state index is 0.0197. The predicted molar refractivity (Wildman–Crippen MR) is 91.6 cm³/mol. The van der Waals surface area contributed by atoms with Gasteiger partial charge in [-0.2, -0.15) is 4.98 Å². The first kappa shape index (κ1) is 16.0. The van der Waals surface area contributed by atoms with E-state index in [1.54, 1.807) is 0 Å². The van der Waals surface area contributed by atoms with Gasteiger partial charge in [-0.15, -0.1) is 0 Å². The van der Waals surface area contributed by atoms with Crippen molar-refractivity contribution < 1.29 is 19.2 Å². The second-order valence-corrected chi connectivity index (χ2v) is 8.42. The summed E-state index contributed by atoms with van der Waals surface area (Å²) >= 11 is 0. The van der Waals surface area contributed by atoms with Gasteiger partial charge in [0.15, 0.2) is 6.61 Å². The molecule has 0 amide bonds. The Morgan fingerprint density at radius 3 is 2.62 bits per heavy atom. The lowest BCUT2D eigenvalue weighted by Gasteiger charge is -2.58. The second kappa shape index (κ2) is 5.64. The third-order valence-electron chi connectivity index (χ3n) is 6.29. The normalized spacial score (nSPS) is 34.8. The van der Waals surface area contributed by atoms with E-state index in [4.69, 9.17) is 9.26 Å². The number of carbonyl (C=O) groups excluding carboxylic acids is 1. The highest BCUT2D eigenvalue weighted by atomic mass is 16.6. The number of hydrogen-bond donors (Lipinski definition) is 1. The summed E-state index contributed by atoms with van der Waals surface area (Å²) in [4.78, 5) is 17.2. The molecule has 4 saturated carbocycles. The molecule has 4 bridgehead atoms. The van der Waals surface area contributed by atoms with Crippen LogP contribution >= 0.6 is 0 Å². The molecular weight excluding hydrogens is 332 g/mol. The lowest BCUT2D eigenvalue weighted by atomic mass is 9.48. The van der Waals surface area contributed by atoms with Gasteiger partial charge in [-0.1, -0.05) is 35.5 Å². The highest BCUT2D eigenvalue weighted by Gasteiger charge is 2.60. The van der Waals surface area contributed by atoms with E-state index in [0.717, 1.165) is 37.7 Å². The van der Waals surface area contributed by atoms with Crippen LogP contribution in [0.4, 0.5) is 0 Å². The van der Waals surface area contributed by atoms with Gasteiger partial charge in [0.25, 0.3) is 5.89 Å². The number of rotatable bonds is 4. The Balaban J connectivity index is 1.28. The zero-order valence-electron chi connectivity index (χ0n) is 14.6. The van der Waals surface area contributed by atoms with Crippen molar-refractivity contribution in [1.29, 1.82) is 0 Å². The van der Waals surface area contributed by atoms with Gasteiger partial charge in [0, 0.05) is 5.56 Å². The van der Waals surface area contributed by atoms with Crippen LogP contribution in [-0.4, -0.2) is 26.8 Å². The fourth-order valence-electron chi connectivity index (χ4n) is 5.75. The number of nitrogens with zero attached hydrogens (tertiary/aromatic N) is 2. The third-order valence-corrected chi connectivity index (χ3v) is 6.29. The smallest absolute Gasteiger partial charge is 0.312 e. The first-order valence-electron chi connectivity index (χ1n) is 9.31. The van der Waals surface area contributed by atoms with Crippen molar-refractivity contribution >= 4 is 5.97 Å². The van der Waals surface area contributed by atoms with E-state index >= 15 is 0 Å². The zero-order valence-corrected chi connectivity index (χ0v) is 14.6. The fourth-order valence-corrected chi connectivity index (χ4v) is 5.75. The molecule has 2 aromatic rings. The van der Waals surface area contributed by atoms with Crippen LogP contribution in [0.25, 0.3) is 11.4 Å². The third kappa shape index (κ3) is 2.63. The average molecular weight is 354 g/mol. The summed E-state index contributed by atoms with van der Waals surface area (Å²) in [6.07, 6.45) is 5.02. The number of hydrogen-bond acceptors (Lipinski definition) is 6. The number of aromatic nitrogens is 2. The standard InChI is InChI=1S/C20H22N2O4/c23-18(19-7-13-6-14(8-19)10-20(24,9-13)12-19)25-11-16-21-17(22-26-16)15-4-2-1-3-5-15/h1-5,13-14,24H,6-12H2. The summed E-state index contributed by atoms with van der Waals surface area (Å²) in [7, 11) is 0. The Morgan fingerprint density at radius 2 is 1.92 bits per heavy atom. The molecule has 2 unspecified atom stereocenters. The van der Waals surface area contributed by atoms with Gasteiger partial charge in [-0.25, -0.2) is 0 Å². The molecule has 2 atom stereocenters. The molecule has 4 aliphatic rings. The highest BCUT2D eigenvalue weighted by Crippen LogP contribution is 2.62. The van der Waals surface area contributed by atoms with Crippen LogP contribution in [0.3, 0.4) is 0 Å². The highest BCUT2D eigenvalue weighted by molar-refractivity contribution is 5.77. The number of esters is 1. The van der Waals surface area contributed by atoms with Gasteiger partial charge >= 0.3 is 5.97 Å². The number of benzene rings is 1. The van der Waals surface area contributed by atoms with Crippen molar-refractivity contribution in [2.45, 2.75) is 50.7 Å². The molecule has 0 aliphatic heterocycles. The molecular formula is C20H22N2O4. The first-order valence-corrected chi connectivity index (χ1v) is 9.31. The molecule has 1 heterocycles. The Hall–Kier alpha value is -2.21. The molecule has 26 heavy (non-hydrogen) atoms. The van der Waals surface area contributed by atoms with Crippen LogP contribution in [-0.2, 0) is 16.1 Å². The molecule has 4 aliphatic carbocycles. The summed E-state index contributed by atoms with van der Waals surface area (Å²) in [6, 6.07) is 9.53. The van der Waals surface area contributed by atoms with Gasteiger partial charge in [0.1, 0.15) is 0 Å². The summed E-state index contributed by atoms with van der Waals surface area (Å²) in [5.41, 5.74) is -0.341. The van der Waals surface area contributed by atoms with E-state index in [1.165, 1.54) is 0 Å². The van der Waals surface area contributed by atoms with Crippen LogP contribution < -0.4 is 0 Å². The van der Waals surface area contributed by atoms with Crippen LogP contribution in [0.1, 0.15) is 44.4 Å². The topological polar surface area (TPSA) is 85.5 Å². The van der Waals surface area contributed by atoms with Crippen molar-refractivity contribution in [3.63, 3.8) is 0 Å².